The second-order valence-corrected chi connectivity index (χ2v) is 4.93. The van der Waals surface area contributed by atoms with Gasteiger partial charge in [0.1, 0.15) is 0 Å². The summed E-state index contributed by atoms with van der Waals surface area (Å²) in [6.45, 7) is 5.04. The highest BCUT2D eigenvalue weighted by Gasteiger charge is 2.30. The first-order valence-corrected chi connectivity index (χ1v) is 6.59. The summed E-state index contributed by atoms with van der Waals surface area (Å²) in [7, 11) is 1.32. The Balaban J connectivity index is 2.12. The third-order valence-corrected chi connectivity index (χ3v) is 3.57. The van der Waals surface area contributed by atoms with E-state index in [2.05, 4.69) is 4.74 Å². The van der Waals surface area contributed by atoms with E-state index in [0.29, 0.717) is 18.7 Å². The summed E-state index contributed by atoms with van der Waals surface area (Å²) >= 11 is 0. The molecule has 1 aliphatic rings. The first kappa shape index (κ1) is 14.5. The van der Waals surface area contributed by atoms with Crippen molar-refractivity contribution in [1.82, 2.24) is 4.90 Å². The second-order valence-electron chi connectivity index (χ2n) is 4.93. The third-order valence-electron chi connectivity index (χ3n) is 3.57. The fraction of sp³-hybridized carbons (Fsp3) is 0.467. The molecule has 5 heteroatoms. The molecule has 20 heavy (non-hydrogen) atoms. The zero-order chi connectivity index (χ0) is 14.7. The van der Waals surface area contributed by atoms with Crippen molar-refractivity contribution in [3.05, 3.63) is 34.9 Å². The predicted molar refractivity (Wildman–Crippen MR) is 73.6 cm³/mol. The van der Waals surface area contributed by atoms with Gasteiger partial charge >= 0.3 is 5.97 Å². The van der Waals surface area contributed by atoms with Crippen LogP contribution in [-0.2, 0) is 14.3 Å². The first-order chi connectivity index (χ1) is 9.52. The molecule has 0 bridgehead atoms. The van der Waals surface area contributed by atoms with Crippen molar-refractivity contribution in [3.8, 4) is 0 Å². The number of rotatable bonds is 2. The van der Waals surface area contributed by atoms with Gasteiger partial charge < -0.3 is 14.4 Å². The Bertz CT molecular complexity index is 527. The molecule has 0 saturated carbocycles. The summed E-state index contributed by atoms with van der Waals surface area (Å²) in [4.78, 5) is 25.6. The van der Waals surface area contributed by atoms with Gasteiger partial charge in [0.25, 0.3) is 5.91 Å². The number of nitrogens with zero attached hydrogens (tertiary/aromatic N) is 1. The minimum atomic E-state index is -0.691. The van der Waals surface area contributed by atoms with E-state index >= 15 is 0 Å². The summed E-state index contributed by atoms with van der Waals surface area (Å²) in [5.41, 5.74) is 2.86. The van der Waals surface area contributed by atoms with Crippen molar-refractivity contribution in [2.24, 2.45) is 0 Å². The van der Waals surface area contributed by atoms with Gasteiger partial charge in [0, 0.05) is 12.1 Å². The van der Waals surface area contributed by atoms with E-state index in [-0.39, 0.29) is 12.5 Å². The Morgan fingerprint density at radius 1 is 1.30 bits per heavy atom. The molecular formula is C15H19NO4. The Kier molecular flexibility index (Phi) is 4.39. The monoisotopic (exact) mass is 277 g/mol. The van der Waals surface area contributed by atoms with E-state index in [1.54, 1.807) is 4.90 Å². The maximum atomic E-state index is 12.4. The molecule has 0 N–H and O–H groups in total. The van der Waals surface area contributed by atoms with Crippen LogP contribution in [0.25, 0.3) is 0 Å². The number of benzene rings is 1. The van der Waals surface area contributed by atoms with Crippen LogP contribution in [-0.4, -0.2) is 49.7 Å². The molecule has 1 aliphatic heterocycles. The molecule has 1 fully saturated rings. The van der Waals surface area contributed by atoms with Gasteiger partial charge in [-0.1, -0.05) is 6.07 Å². The molecule has 108 valence electrons. The SMILES string of the molecule is COC(=O)C1CN(C(=O)c2ccc(C)c(C)c2)CCO1. The van der Waals surface area contributed by atoms with Gasteiger partial charge in [-0.15, -0.1) is 0 Å². The Morgan fingerprint density at radius 2 is 2.05 bits per heavy atom. The zero-order valence-electron chi connectivity index (χ0n) is 12.0. The van der Waals surface area contributed by atoms with E-state index in [1.807, 2.05) is 32.0 Å². The molecule has 0 spiro atoms. The second kappa shape index (κ2) is 6.05. The summed E-state index contributed by atoms with van der Waals surface area (Å²) in [6.07, 6.45) is -0.691. The molecule has 1 saturated heterocycles. The van der Waals surface area contributed by atoms with E-state index in [1.165, 1.54) is 7.11 Å². The van der Waals surface area contributed by atoms with Gasteiger partial charge in [-0.3, -0.25) is 4.79 Å². The molecule has 0 aromatic heterocycles. The molecule has 1 amide bonds. The van der Waals surface area contributed by atoms with E-state index in [9.17, 15) is 9.59 Å². The van der Waals surface area contributed by atoms with Gasteiger partial charge in [-0.25, -0.2) is 4.79 Å². The normalized spacial score (nSPS) is 18.8. The van der Waals surface area contributed by atoms with Gasteiger partial charge in [-0.2, -0.15) is 0 Å². The molecule has 1 aromatic carbocycles. The molecule has 1 atom stereocenters. The smallest absolute Gasteiger partial charge is 0.336 e. The van der Waals surface area contributed by atoms with E-state index < -0.39 is 12.1 Å². The minimum Gasteiger partial charge on any atom is -0.467 e. The average molecular weight is 277 g/mol. The summed E-state index contributed by atoms with van der Waals surface area (Å²) < 4.78 is 9.98. The maximum absolute atomic E-state index is 12.4. The summed E-state index contributed by atoms with van der Waals surface area (Å²) in [5.74, 6) is -0.520. The highest BCUT2D eigenvalue weighted by atomic mass is 16.6. The fourth-order valence-corrected chi connectivity index (χ4v) is 2.16. The van der Waals surface area contributed by atoms with Crippen molar-refractivity contribution >= 4 is 11.9 Å². The van der Waals surface area contributed by atoms with Crippen LogP contribution < -0.4 is 0 Å². The van der Waals surface area contributed by atoms with Crippen LogP contribution >= 0.6 is 0 Å². The van der Waals surface area contributed by atoms with Crippen LogP contribution in [0, 0.1) is 13.8 Å². The van der Waals surface area contributed by atoms with Crippen molar-refractivity contribution in [2.45, 2.75) is 20.0 Å². The lowest BCUT2D eigenvalue weighted by molar-refractivity contribution is -0.158. The highest BCUT2D eigenvalue weighted by Crippen LogP contribution is 2.15. The lowest BCUT2D eigenvalue weighted by Gasteiger charge is -2.31. The lowest BCUT2D eigenvalue weighted by Crippen LogP contribution is -2.48. The molecule has 0 radical (unpaired) electrons. The third kappa shape index (κ3) is 2.99. The number of ether oxygens (including phenoxy) is 2. The first-order valence-electron chi connectivity index (χ1n) is 6.59. The zero-order valence-corrected chi connectivity index (χ0v) is 12.0. The number of aryl methyl sites for hydroxylation is 2. The molecule has 5 nitrogen and oxygen atoms in total. The van der Waals surface area contributed by atoms with Crippen molar-refractivity contribution in [2.75, 3.05) is 26.8 Å². The molecule has 2 rings (SSSR count). The van der Waals surface area contributed by atoms with Crippen LogP contribution in [0.3, 0.4) is 0 Å². The predicted octanol–water partition coefficient (Wildman–Crippen LogP) is 1.32. The number of carbonyl (C=O) groups excluding carboxylic acids is 2. The molecular weight excluding hydrogens is 258 g/mol. The molecule has 1 aromatic rings. The minimum absolute atomic E-state index is 0.0784. The fourth-order valence-electron chi connectivity index (χ4n) is 2.16. The van der Waals surface area contributed by atoms with Gasteiger partial charge in [0.05, 0.1) is 20.3 Å². The maximum Gasteiger partial charge on any atom is 0.336 e. The molecule has 1 heterocycles. The van der Waals surface area contributed by atoms with Crippen molar-refractivity contribution in [1.29, 1.82) is 0 Å². The van der Waals surface area contributed by atoms with Gasteiger partial charge in [0.15, 0.2) is 6.10 Å². The highest BCUT2D eigenvalue weighted by molar-refractivity contribution is 5.95. The van der Waals surface area contributed by atoms with Crippen LogP contribution in [0.4, 0.5) is 0 Å². The Morgan fingerprint density at radius 3 is 2.70 bits per heavy atom. The van der Waals surface area contributed by atoms with Crippen LogP contribution in [0.1, 0.15) is 21.5 Å². The number of hydrogen-bond donors (Lipinski definition) is 0. The van der Waals surface area contributed by atoms with Crippen molar-refractivity contribution < 1.29 is 19.1 Å². The topological polar surface area (TPSA) is 55.8 Å². The summed E-state index contributed by atoms with van der Waals surface area (Å²) in [5, 5.41) is 0. The average Bonchev–Trinajstić information content (AvgIpc) is 2.48. The van der Waals surface area contributed by atoms with Crippen molar-refractivity contribution in [3.63, 3.8) is 0 Å². The van der Waals surface area contributed by atoms with Crippen LogP contribution in [0.2, 0.25) is 0 Å². The van der Waals surface area contributed by atoms with E-state index in [4.69, 9.17) is 4.74 Å². The molecule has 0 aliphatic carbocycles. The standard InChI is InChI=1S/C15H19NO4/c1-10-4-5-12(8-11(10)2)14(17)16-6-7-20-13(9-16)15(18)19-3/h4-5,8,13H,6-7,9H2,1-3H3. The number of hydrogen-bond acceptors (Lipinski definition) is 4. The van der Waals surface area contributed by atoms with Crippen LogP contribution in [0.5, 0.6) is 0 Å². The van der Waals surface area contributed by atoms with Gasteiger partial charge in [0.2, 0.25) is 0 Å². The largest absolute Gasteiger partial charge is 0.467 e. The Hall–Kier alpha value is -1.88. The number of amides is 1. The van der Waals surface area contributed by atoms with Gasteiger partial charge in [-0.05, 0) is 37.1 Å². The Labute approximate surface area is 118 Å². The van der Waals surface area contributed by atoms with Crippen LogP contribution in [0.15, 0.2) is 18.2 Å². The lowest BCUT2D eigenvalue weighted by atomic mass is 10.1. The number of methoxy groups -OCH3 is 1. The van der Waals surface area contributed by atoms with E-state index in [0.717, 1.165) is 11.1 Å². The molecule has 1 unspecified atom stereocenters. The summed E-state index contributed by atoms with van der Waals surface area (Å²) in [6, 6.07) is 5.62. The number of morpholine rings is 1. The quantitative estimate of drug-likeness (QED) is 0.765. The number of esters is 1. The number of carbonyl (C=O) groups is 2.